The summed E-state index contributed by atoms with van der Waals surface area (Å²) in [5.41, 5.74) is 0.897. The average Bonchev–Trinajstić information content (AvgIpc) is 2.23. The molecule has 0 spiro atoms. The molecule has 0 aliphatic heterocycles. The summed E-state index contributed by atoms with van der Waals surface area (Å²) >= 11 is 12.0. The lowest BCUT2D eigenvalue weighted by atomic mass is 9.83. The van der Waals surface area contributed by atoms with Crippen molar-refractivity contribution in [3.05, 3.63) is 33.8 Å². The maximum absolute atomic E-state index is 11.8. The highest BCUT2D eigenvalue weighted by Crippen LogP contribution is 2.35. The van der Waals surface area contributed by atoms with Crippen molar-refractivity contribution >= 4 is 29.0 Å². The number of benzene rings is 1. The van der Waals surface area contributed by atoms with Crippen LogP contribution < -0.4 is 0 Å². The molecule has 1 nitrogen and oxygen atoms in total. The van der Waals surface area contributed by atoms with Crippen molar-refractivity contribution in [1.29, 1.82) is 0 Å². The lowest BCUT2D eigenvalue weighted by Crippen LogP contribution is -2.17. The van der Waals surface area contributed by atoms with Crippen molar-refractivity contribution in [3.8, 4) is 0 Å². The Morgan fingerprint density at radius 3 is 2.73 bits per heavy atom. The van der Waals surface area contributed by atoms with Gasteiger partial charge in [-0.05, 0) is 36.6 Å². The first-order valence-corrected chi connectivity index (χ1v) is 5.92. The van der Waals surface area contributed by atoms with Crippen LogP contribution in [0.5, 0.6) is 0 Å². The van der Waals surface area contributed by atoms with Gasteiger partial charge in [0, 0.05) is 22.4 Å². The predicted octanol–water partition coefficient (Wildman–Crippen LogP) is 4.22. The maximum atomic E-state index is 11.8. The molecule has 0 amide bonds. The van der Waals surface area contributed by atoms with E-state index in [2.05, 4.69) is 0 Å². The number of hydrogen-bond donors (Lipinski definition) is 0. The predicted molar refractivity (Wildman–Crippen MR) is 62.7 cm³/mol. The Hall–Kier alpha value is -0.530. The molecule has 1 unspecified atom stereocenters. The molecule has 15 heavy (non-hydrogen) atoms. The third-order valence-electron chi connectivity index (χ3n) is 2.89. The SMILES string of the molecule is O=C1CCCCC1c1cc(Cl)ccc1Cl. The zero-order valence-corrected chi connectivity index (χ0v) is 9.81. The molecule has 0 heterocycles. The van der Waals surface area contributed by atoms with Crippen LogP contribution in [-0.2, 0) is 4.79 Å². The van der Waals surface area contributed by atoms with Crippen LogP contribution in [0.3, 0.4) is 0 Å². The average molecular weight is 243 g/mol. The number of carbonyl (C=O) groups excluding carboxylic acids is 1. The lowest BCUT2D eigenvalue weighted by Gasteiger charge is -2.21. The molecule has 3 heteroatoms. The Kier molecular flexibility index (Phi) is 3.32. The fourth-order valence-electron chi connectivity index (χ4n) is 2.09. The minimum atomic E-state index is -0.0371. The summed E-state index contributed by atoms with van der Waals surface area (Å²) in [6, 6.07) is 5.33. The molecule has 0 bridgehead atoms. The first kappa shape index (κ1) is 11.0. The monoisotopic (exact) mass is 242 g/mol. The van der Waals surface area contributed by atoms with E-state index in [4.69, 9.17) is 23.2 Å². The highest BCUT2D eigenvalue weighted by Gasteiger charge is 2.25. The Balaban J connectivity index is 2.34. The number of carbonyl (C=O) groups is 1. The highest BCUT2D eigenvalue weighted by atomic mass is 35.5. The van der Waals surface area contributed by atoms with Crippen molar-refractivity contribution in [2.24, 2.45) is 0 Å². The fraction of sp³-hybridized carbons (Fsp3) is 0.417. The zero-order chi connectivity index (χ0) is 10.8. The summed E-state index contributed by atoms with van der Waals surface area (Å²) in [5.74, 6) is 0.260. The standard InChI is InChI=1S/C12H12Cl2O/c13-8-5-6-11(14)10(7-8)9-3-1-2-4-12(9)15/h5-7,9H,1-4H2. The van der Waals surface area contributed by atoms with Gasteiger partial charge in [0.15, 0.2) is 0 Å². The number of hydrogen-bond acceptors (Lipinski definition) is 1. The van der Waals surface area contributed by atoms with E-state index in [1.807, 2.05) is 6.07 Å². The second-order valence-electron chi connectivity index (χ2n) is 3.93. The number of Topliss-reactive ketones (excluding diaryl/α,β-unsaturated/α-hetero) is 1. The fourth-order valence-corrected chi connectivity index (χ4v) is 2.52. The van der Waals surface area contributed by atoms with E-state index in [1.54, 1.807) is 12.1 Å². The van der Waals surface area contributed by atoms with Crippen molar-refractivity contribution in [1.82, 2.24) is 0 Å². The number of ketones is 1. The van der Waals surface area contributed by atoms with Gasteiger partial charge in [-0.2, -0.15) is 0 Å². The Labute approximate surface area is 99.4 Å². The van der Waals surface area contributed by atoms with E-state index in [-0.39, 0.29) is 5.92 Å². The molecule has 1 fully saturated rings. The van der Waals surface area contributed by atoms with Crippen LogP contribution in [0, 0.1) is 0 Å². The van der Waals surface area contributed by atoms with E-state index in [9.17, 15) is 4.79 Å². The third kappa shape index (κ3) is 2.35. The van der Waals surface area contributed by atoms with E-state index < -0.39 is 0 Å². The van der Waals surface area contributed by atoms with E-state index in [0.717, 1.165) is 24.8 Å². The van der Waals surface area contributed by atoms with Crippen LogP contribution >= 0.6 is 23.2 Å². The molecule has 1 atom stereocenters. The van der Waals surface area contributed by atoms with Gasteiger partial charge in [0.1, 0.15) is 5.78 Å². The van der Waals surface area contributed by atoms with Gasteiger partial charge in [-0.15, -0.1) is 0 Å². The van der Waals surface area contributed by atoms with Gasteiger partial charge < -0.3 is 0 Å². The quantitative estimate of drug-likeness (QED) is 0.721. The molecule has 0 N–H and O–H groups in total. The molecule has 0 aromatic heterocycles. The van der Waals surface area contributed by atoms with Crippen LogP contribution in [0.25, 0.3) is 0 Å². The lowest BCUT2D eigenvalue weighted by molar-refractivity contribution is -0.121. The molecule has 80 valence electrons. The van der Waals surface area contributed by atoms with Gasteiger partial charge in [-0.25, -0.2) is 0 Å². The van der Waals surface area contributed by atoms with Gasteiger partial charge in [0.25, 0.3) is 0 Å². The van der Waals surface area contributed by atoms with Crippen molar-refractivity contribution < 1.29 is 4.79 Å². The van der Waals surface area contributed by atoms with Gasteiger partial charge >= 0.3 is 0 Å². The summed E-state index contributed by atoms with van der Waals surface area (Å²) in [5, 5.41) is 1.30. The minimum absolute atomic E-state index is 0.0371. The van der Waals surface area contributed by atoms with E-state index >= 15 is 0 Å². The van der Waals surface area contributed by atoms with E-state index in [1.165, 1.54) is 0 Å². The molecule has 1 aliphatic rings. The van der Waals surface area contributed by atoms with Crippen molar-refractivity contribution in [2.75, 3.05) is 0 Å². The van der Waals surface area contributed by atoms with Gasteiger partial charge in [-0.1, -0.05) is 29.6 Å². The van der Waals surface area contributed by atoms with Crippen molar-refractivity contribution in [3.63, 3.8) is 0 Å². The molecule has 1 aromatic carbocycles. The van der Waals surface area contributed by atoms with Gasteiger partial charge in [0.05, 0.1) is 0 Å². The molecular formula is C12H12Cl2O. The second-order valence-corrected chi connectivity index (χ2v) is 4.77. The molecular weight excluding hydrogens is 231 g/mol. The largest absolute Gasteiger partial charge is 0.299 e. The number of halogens is 2. The molecule has 2 rings (SSSR count). The van der Waals surface area contributed by atoms with Gasteiger partial charge in [-0.3, -0.25) is 4.79 Å². The summed E-state index contributed by atoms with van der Waals surface area (Å²) < 4.78 is 0. The van der Waals surface area contributed by atoms with Crippen LogP contribution in [-0.4, -0.2) is 5.78 Å². The Morgan fingerprint density at radius 1 is 1.20 bits per heavy atom. The summed E-state index contributed by atoms with van der Waals surface area (Å²) in [6.07, 6.45) is 3.68. The molecule has 1 aliphatic carbocycles. The zero-order valence-electron chi connectivity index (χ0n) is 8.30. The van der Waals surface area contributed by atoms with Gasteiger partial charge in [0.2, 0.25) is 0 Å². The van der Waals surface area contributed by atoms with Crippen LogP contribution in [0.2, 0.25) is 10.0 Å². The summed E-state index contributed by atoms with van der Waals surface area (Å²) in [6.45, 7) is 0. The van der Waals surface area contributed by atoms with E-state index in [0.29, 0.717) is 22.2 Å². The second kappa shape index (κ2) is 4.54. The van der Waals surface area contributed by atoms with Crippen LogP contribution in [0.15, 0.2) is 18.2 Å². The summed E-state index contributed by atoms with van der Waals surface area (Å²) in [7, 11) is 0. The normalized spacial score (nSPS) is 21.7. The molecule has 0 saturated heterocycles. The van der Waals surface area contributed by atoms with Crippen molar-refractivity contribution in [2.45, 2.75) is 31.6 Å². The minimum Gasteiger partial charge on any atom is -0.299 e. The Bertz CT molecular complexity index is 387. The maximum Gasteiger partial charge on any atom is 0.140 e. The molecule has 0 radical (unpaired) electrons. The molecule has 1 aromatic rings. The first-order chi connectivity index (χ1) is 7.18. The van der Waals surface area contributed by atoms with Crippen LogP contribution in [0.1, 0.15) is 37.2 Å². The first-order valence-electron chi connectivity index (χ1n) is 5.16. The third-order valence-corrected chi connectivity index (χ3v) is 3.47. The smallest absolute Gasteiger partial charge is 0.140 e. The number of rotatable bonds is 1. The topological polar surface area (TPSA) is 17.1 Å². The molecule has 1 saturated carbocycles. The van der Waals surface area contributed by atoms with Crippen LogP contribution in [0.4, 0.5) is 0 Å². The highest BCUT2D eigenvalue weighted by molar-refractivity contribution is 6.33. The Morgan fingerprint density at radius 2 is 2.00 bits per heavy atom. The summed E-state index contributed by atoms with van der Waals surface area (Å²) in [4.78, 5) is 11.8.